The molecule has 1 aliphatic rings. The van der Waals surface area contributed by atoms with Gasteiger partial charge in [0.25, 0.3) is 0 Å². The van der Waals surface area contributed by atoms with Crippen LogP contribution in [-0.2, 0) is 13.1 Å². The number of hydrogen-bond acceptors (Lipinski definition) is 4. The molecule has 2 aromatic carbocycles. The van der Waals surface area contributed by atoms with Gasteiger partial charge in [0.1, 0.15) is 11.6 Å². The molecule has 3 heterocycles. The molecule has 1 aliphatic heterocycles. The highest BCUT2D eigenvalue weighted by Gasteiger charge is 2.21. The van der Waals surface area contributed by atoms with E-state index in [4.69, 9.17) is 4.98 Å². The van der Waals surface area contributed by atoms with Crippen molar-refractivity contribution in [2.75, 3.05) is 25.0 Å². The van der Waals surface area contributed by atoms with Crippen molar-refractivity contribution < 1.29 is 4.39 Å². The van der Waals surface area contributed by atoms with Gasteiger partial charge >= 0.3 is 0 Å². The Labute approximate surface area is 187 Å². The van der Waals surface area contributed by atoms with Crippen LogP contribution in [0.4, 0.5) is 10.3 Å². The highest BCUT2D eigenvalue weighted by atomic mass is 19.1. The predicted molar refractivity (Wildman–Crippen MR) is 125 cm³/mol. The zero-order chi connectivity index (χ0) is 21.9. The van der Waals surface area contributed by atoms with Crippen LogP contribution in [0.2, 0.25) is 0 Å². The smallest absolute Gasteiger partial charge is 0.204 e. The Morgan fingerprint density at radius 3 is 2.56 bits per heavy atom. The van der Waals surface area contributed by atoms with Gasteiger partial charge in [-0.3, -0.25) is 0 Å². The molecule has 1 saturated heterocycles. The Bertz CT molecular complexity index is 1170. The van der Waals surface area contributed by atoms with E-state index in [1.807, 2.05) is 43.5 Å². The average Bonchev–Trinajstić information content (AvgIpc) is 3.38. The van der Waals surface area contributed by atoms with Crippen molar-refractivity contribution in [3.05, 3.63) is 78.1 Å². The molecule has 2 aromatic heterocycles. The average molecular weight is 433 g/mol. The van der Waals surface area contributed by atoms with Crippen molar-refractivity contribution in [1.82, 2.24) is 24.0 Å². The summed E-state index contributed by atoms with van der Waals surface area (Å²) in [5, 5.41) is 3.71. The van der Waals surface area contributed by atoms with E-state index in [1.165, 1.54) is 12.1 Å². The number of benzene rings is 2. The Kier molecular flexibility index (Phi) is 5.90. The fourth-order valence-corrected chi connectivity index (χ4v) is 4.49. The third-order valence-electron chi connectivity index (χ3n) is 6.41. The van der Waals surface area contributed by atoms with Gasteiger partial charge in [-0.2, -0.15) is 0 Å². The standard InChI is InChI=1S/C25H29FN6/c1-19-27-12-15-31(19)17-16-30-13-10-22(11-14-30)28-25-29-23-4-2-3-5-24(23)32(25)18-20-6-8-21(26)9-7-20/h2-9,12,15,22H,10-11,13-14,16-18H2,1H3,(H,28,29). The van der Waals surface area contributed by atoms with Gasteiger partial charge in [-0.25, -0.2) is 14.4 Å². The first kappa shape index (κ1) is 20.7. The van der Waals surface area contributed by atoms with Crippen LogP contribution in [0.15, 0.2) is 60.9 Å². The van der Waals surface area contributed by atoms with Gasteiger partial charge in [0.05, 0.1) is 17.6 Å². The van der Waals surface area contributed by atoms with Crippen LogP contribution in [0, 0.1) is 12.7 Å². The van der Waals surface area contributed by atoms with E-state index in [9.17, 15) is 4.39 Å². The first-order valence-corrected chi connectivity index (χ1v) is 11.3. The molecule has 5 rings (SSSR count). The molecule has 4 aromatic rings. The van der Waals surface area contributed by atoms with Crippen LogP contribution in [0.3, 0.4) is 0 Å². The first-order valence-electron chi connectivity index (χ1n) is 11.3. The van der Waals surface area contributed by atoms with Gasteiger partial charge in [0.15, 0.2) is 0 Å². The lowest BCUT2D eigenvalue weighted by Crippen LogP contribution is -2.40. The van der Waals surface area contributed by atoms with Crippen molar-refractivity contribution >= 4 is 17.0 Å². The fourth-order valence-electron chi connectivity index (χ4n) is 4.49. The molecule has 1 fully saturated rings. The summed E-state index contributed by atoms with van der Waals surface area (Å²) in [6.45, 7) is 6.89. The predicted octanol–water partition coefficient (Wildman–Crippen LogP) is 4.31. The number of hydrogen-bond donors (Lipinski definition) is 1. The number of nitrogens with one attached hydrogen (secondary N) is 1. The van der Waals surface area contributed by atoms with E-state index in [0.29, 0.717) is 12.6 Å². The van der Waals surface area contributed by atoms with Crippen LogP contribution in [0.25, 0.3) is 11.0 Å². The van der Waals surface area contributed by atoms with E-state index in [0.717, 1.165) is 67.4 Å². The molecule has 0 atom stereocenters. The maximum Gasteiger partial charge on any atom is 0.204 e. The zero-order valence-electron chi connectivity index (χ0n) is 18.4. The number of anilines is 1. The lowest BCUT2D eigenvalue weighted by Gasteiger charge is -2.32. The molecule has 1 N–H and O–H groups in total. The van der Waals surface area contributed by atoms with E-state index in [1.54, 1.807) is 0 Å². The van der Waals surface area contributed by atoms with Gasteiger partial charge < -0.3 is 19.4 Å². The normalized spacial score (nSPS) is 15.4. The summed E-state index contributed by atoms with van der Waals surface area (Å²) in [4.78, 5) is 11.7. The van der Waals surface area contributed by atoms with E-state index < -0.39 is 0 Å². The fraction of sp³-hybridized carbons (Fsp3) is 0.360. The Morgan fingerprint density at radius 2 is 1.81 bits per heavy atom. The molecule has 0 aliphatic carbocycles. The number of piperidine rings is 1. The molecular formula is C25H29FN6. The highest BCUT2D eigenvalue weighted by molar-refractivity contribution is 5.78. The third kappa shape index (κ3) is 4.53. The Balaban J connectivity index is 1.25. The molecule has 7 heteroatoms. The van der Waals surface area contributed by atoms with Crippen molar-refractivity contribution in [3.63, 3.8) is 0 Å². The SMILES string of the molecule is Cc1nccn1CCN1CCC(Nc2nc3ccccc3n2Cc2ccc(F)cc2)CC1. The van der Waals surface area contributed by atoms with Crippen LogP contribution in [0.1, 0.15) is 24.2 Å². The van der Waals surface area contributed by atoms with Gasteiger partial charge in [-0.05, 0) is 49.6 Å². The van der Waals surface area contributed by atoms with Gasteiger partial charge in [0, 0.05) is 44.6 Å². The summed E-state index contributed by atoms with van der Waals surface area (Å²) in [6, 6.07) is 15.3. The Morgan fingerprint density at radius 1 is 1.03 bits per heavy atom. The molecule has 0 unspecified atom stereocenters. The minimum absolute atomic E-state index is 0.211. The number of fused-ring (bicyclic) bond motifs is 1. The number of likely N-dealkylation sites (tertiary alicyclic amines) is 1. The van der Waals surface area contributed by atoms with Crippen molar-refractivity contribution in [2.24, 2.45) is 0 Å². The molecule has 0 radical (unpaired) electrons. The minimum atomic E-state index is -0.211. The molecule has 0 saturated carbocycles. The van der Waals surface area contributed by atoms with Gasteiger partial charge in [-0.15, -0.1) is 0 Å². The van der Waals surface area contributed by atoms with Crippen LogP contribution in [0.5, 0.6) is 0 Å². The molecule has 6 nitrogen and oxygen atoms in total. The molecule has 0 spiro atoms. The van der Waals surface area contributed by atoms with Crippen molar-refractivity contribution in [1.29, 1.82) is 0 Å². The van der Waals surface area contributed by atoms with Gasteiger partial charge in [-0.1, -0.05) is 24.3 Å². The third-order valence-corrected chi connectivity index (χ3v) is 6.41. The van der Waals surface area contributed by atoms with Crippen LogP contribution < -0.4 is 5.32 Å². The monoisotopic (exact) mass is 432 g/mol. The summed E-state index contributed by atoms with van der Waals surface area (Å²) in [7, 11) is 0. The zero-order valence-corrected chi connectivity index (χ0v) is 18.4. The number of para-hydroxylation sites is 2. The number of halogens is 1. The maximum atomic E-state index is 13.4. The minimum Gasteiger partial charge on any atom is -0.353 e. The maximum absolute atomic E-state index is 13.4. The summed E-state index contributed by atoms with van der Waals surface area (Å²) in [6.07, 6.45) is 6.09. The molecule has 32 heavy (non-hydrogen) atoms. The second kappa shape index (κ2) is 9.12. The summed E-state index contributed by atoms with van der Waals surface area (Å²) < 4.78 is 17.8. The number of aryl methyl sites for hydroxylation is 1. The van der Waals surface area contributed by atoms with E-state index in [-0.39, 0.29) is 5.82 Å². The second-order valence-electron chi connectivity index (χ2n) is 8.56. The molecular weight excluding hydrogens is 403 g/mol. The van der Waals surface area contributed by atoms with Crippen LogP contribution in [-0.4, -0.2) is 49.7 Å². The number of aromatic nitrogens is 4. The van der Waals surface area contributed by atoms with Gasteiger partial charge in [0.2, 0.25) is 5.95 Å². The first-order chi connectivity index (χ1) is 15.7. The second-order valence-corrected chi connectivity index (χ2v) is 8.56. The summed E-state index contributed by atoms with van der Waals surface area (Å²) in [5.74, 6) is 1.75. The molecule has 0 bridgehead atoms. The summed E-state index contributed by atoms with van der Waals surface area (Å²) in [5.41, 5.74) is 3.12. The number of imidazole rings is 2. The lowest BCUT2D eigenvalue weighted by molar-refractivity contribution is 0.211. The largest absolute Gasteiger partial charge is 0.353 e. The highest BCUT2D eigenvalue weighted by Crippen LogP contribution is 2.24. The number of nitrogens with zero attached hydrogens (tertiary/aromatic N) is 5. The molecule has 0 amide bonds. The van der Waals surface area contributed by atoms with Crippen molar-refractivity contribution in [2.45, 2.75) is 38.9 Å². The van der Waals surface area contributed by atoms with E-state index in [2.05, 4.69) is 36.6 Å². The van der Waals surface area contributed by atoms with Crippen molar-refractivity contribution in [3.8, 4) is 0 Å². The van der Waals surface area contributed by atoms with E-state index >= 15 is 0 Å². The summed E-state index contributed by atoms with van der Waals surface area (Å²) >= 11 is 0. The quantitative estimate of drug-likeness (QED) is 0.473. The molecule has 166 valence electrons. The topological polar surface area (TPSA) is 50.9 Å². The Hall–Kier alpha value is -3.19. The lowest BCUT2D eigenvalue weighted by atomic mass is 10.1. The number of rotatable bonds is 7. The van der Waals surface area contributed by atoms with Crippen LogP contribution >= 0.6 is 0 Å².